The Hall–Kier alpha value is -0.0600. The fourth-order valence-electron chi connectivity index (χ4n) is 1.74. The summed E-state index contributed by atoms with van der Waals surface area (Å²) in [6.45, 7) is 11.3. The molecule has 0 aliphatic rings. The van der Waals surface area contributed by atoms with E-state index in [-0.39, 0.29) is 0 Å². The number of rotatable bonds is 6. The molecule has 0 radical (unpaired) electrons. The fraction of sp³-hybridized carbons (Fsp3) is 0.600. The Balaban J connectivity index is 2.66. The minimum atomic E-state index is 0.369. The standard InChI is InChI=1S/C15H23Br2NO/c1-5-19-14-11(8-12(16)9-13(14)17)10-18-7-6-15(2,3)4/h8-9,18H,5-7,10H2,1-4H3. The van der Waals surface area contributed by atoms with E-state index in [1.807, 2.05) is 13.0 Å². The van der Waals surface area contributed by atoms with Crippen molar-refractivity contribution >= 4 is 31.9 Å². The summed E-state index contributed by atoms with van der Waals surface area (Å²) in [6.07, 6.45) is 1.16. The summed E-state index contributed by atoms with van der Waals surface area (Å²) in [5.74, 6) is 0.939. The van der Waals surface area contributed by atoms with Gasteiger partial charge in [-0.2, -0.15) is 0 Å². The number of hydrogen-bond acceptors (Lipinski definition) is 2. The molecule has 0 aliphatic carbocycles. The lowest BCUT2D eigenvalue weighted by atomic mass is 9.92. The molecule has 0 heterocycles. The molecule has 0 atom stereocenters. The van der Waals surface area contributed by atoms with Gasteiger partial charge in [0.2, 0.25) is 0 Å². The van der Waals surface area contributed by atoms with E-state index in [9.17, 15) is 0 Å². The molecule has 19 heavy (non-hydrogen) atoms. The molecule has 0 aromatic heterocycles. The first kappa shape index (κ1) is 17.0. The molecule has 0 saturated carbocycles. The van der Waals surface area contributed by atoms with E-state index < -0.39 is 0 Å². The van der Waals surface area contributed by atoms with Crippen LogP contribution < -0.4 is 10.1 Å². The molecule has 0 spiro atoms. The lowest BCUT2D eigenvalue weighted by molar-refractivity contribution is 0.331. The van der Waals surface area contributed by atoms with Crippen LogP contribution in [0.25, 0.3) is 0 Å². The van der Waals surface area contributed by atoms with Crippen molar-refractivity contribution in [3.05, 3.63) is 26.6 Å². The van der Waals surface area contributed by atoms with Crippen molar-refractivity contribution in [1.82, 2.24) is 5.32 Å². The predicted molar refractivity (Wildman–Crippen MR) is 88.8 cm³/mol. The van der Waals surface area contributed by atoms with Gasteiger partial charge in [0.25, 0.3) is 0 Å². The summed E-state index contributed by atoms with van der Waals surface area (Å²) in [5, 5.41) is 3.49. The van der Waals surface area contributed by atoms with Gasteiger partial charge >= 0.3 is 0 Å². The molecule has 1 N–H and O–H groups in total. The van der Waals surface area contributed by atoms with E-state index in [1.54, 1.807) is 0 Å². The van der Waals surface area contributed by atoms with Crippen molar-refractivity contribution in [3.63, 3.8) is 0 Å². The van der Waals surface area contributed by atoms with Crippen molar-refractivity contribution in [1.29, 1.82) is 0 Å². The highest BCUT2D eigenvalue weighted by Gasteiger charge is 2.11. The summed E-state index contributed by atoms with van der Waals surface area (Å²) in [6, 6.07) is 4.13. The number of halogens is 2. The van der Waals surface area contributed by atoms with Crippen LogP contribution in [0.5, 0.6) is 5.75 Å². The van der Waals surface area contributed by atoms with Gasteiger partial charge < -0.3 is 10.1 Å². The van der Waals surface area contributed by atoms with Crippen molar-refractivity contribution in [2.24, 2.45) is 5.41 Å². The largest absolute Gasteiger partial charge is 0.492 e. The first-order chi connectivity index (χ1) is 8.83. The Morgan fingerprint density at radius 2 is 1.89 bits per heavy atom. The summed E-state index contributed by atoms with van der Waals surface area (Å²) >= 11 is 7.08. The summed E-state index contributed by atoms with van der Waals surface area (Å²) in [7, 11) is 0. The van der Waals surface area contributed by atoms with Crippen LogP contribution in [-0.2, 0) is 6.54 Å². The van der Waals surface area contributed by atoms with Gasteiger partial charge in [0.15, 0.2) is 0 Å². The summed E-state index contributed by atoms with van der Waals surface area (Å²) < 4.78 is 7.77. The van der Waals surface area contributed by atoms with Gasteiger partial charge in [0.1, 0.15) is 5.75 Å². The monoisotopic (exact) mass is 391 g/mol. The molecular weight excluding hydrogens is 370 g/mol. The topological polar surface area (TPSA) is 21.3 Å². The first-order valence-corrected chi connectivity index (χ1v) is 8.23. The summed E-state index contributed by atoms with van der Waals surface area (Å²) in [4.78, 5) is 0. The van der Waals surface area contributed by atoms with Gasteiger partial charge in [-0.15, -0.1) is 0 Å². The average Bonchev–Trinajstić information content (AvgIpc) is 2.27. The van der Waals surface area contributed by atoms with Crippen LogP contribution in [0.2, 0.25) is 0 Å². The van der Waals surface area contributed by atoms with Gasteiger partial charge in [-0.1, -0.05) is 36.7 Å². The van der Waals surface area contributed by atoms with Crippen LogP contribution in [0.15, 0.2) is 21.1 Å². The molecule has 4 heteroatoms. The SMILES string of the molecule is CCOc1c(Br)cc(Br)cc1CNCCC(C)(C)C. The van der Waals surface area contributed by atoms with Crippen LogP contribution in [-0.4, -0.2) is 13.2 Å². The molecule has 1 aromatic carbocycles. The maximum Gasteiger partial charge on any atom is 0.138 e. The normalized spacial score (nSPS) is 11.7. The van der Waals surface area contributed by atoms with E-state index in [1.165, 1.54) is 5.56 Å². The van der Waals surface area contributed by atoms with Crippen LogP contribution >= 0.6 is 31.9 Å². The quantitative estimate of drug-likeness (QED) is 0.677. The van der Waals surface area contributed by atoms with Gasteiger partial charge in [-0.25, -0.2) is 0 Å². The van der Waals surface area contributed by atoms with E-state index in [2.05, 4.69) is 64.0 Å². The second-order valence-electron chi connectivity index (χ2n) is 5.80. The van der Waals surface area contributed by atoms with E-state index in [0.717, 1.165) is 34.2 Å². The highest BCUT2D eigenvalue weighted by molar-refractivity contribution is 9.11. The van der Waals surface area contributed by atoms with Gasteiger partial charge in [-0.3, -0.25) is 0 Å². The molecule has 0 fully saturated rings. The van der Waals surface area contributed by atoms with Crippen LogP contribution in [0.1, 0.15) is 39.7 Å². The van der Waals surface area contributed by atoms with E-state index >= 15 is 0 Å². The lowest BCUT2D eigenvalue weighted by Crippen LogP contribution is -2.20. The maximum atomic E-state index is 5.71. The Morgan fingerprint density at radius 1 is 1.21 bits per heavy atom. The number of nitrogens with one attached hydrogen (secondary N) is 1. The summed E-state index contributed by atoms with van der Waals surface area (Å²) in [5.41, 5.74) is 1.55. The van der Waals surface area contributed by atoms with Gasteiger partial charge in [0.05, 0.1) is 11.1 Å². The Bertz CT molecular complexity index is 413. The van der Waals surface area contributed by atoms with Crippen LogP contribution in [0.3, 0.4) is 0 Å². The number of hydrogen-bond donors (Lipinski definition) is 1. The maximum absolute atomic E-state index is 5.71. The second kappa shape index (κ2) is 7.65. The molecule has 0 bridgehead atoms. The third-order valence-electron chi connectivity index (χ3n) is 2.74. The molecule has 0 saturated heterocycles. The molecule has 108 valence electrons. The van der Waals surface area contributed by atoms with Crippen molar-refractivity contribution in [3.8, 4) is 5.75 Å². The smallest absolute Gasteiger partial charge is 0.138 e. The van der Waals surface area contributed by atoms with Crippen LogP contribution in [0.4, 0.5) is 0 Å². The van der Waals surface area contributed by atoms with Crippen LogP contribution in [0, 0.1) is 5.41 Å². The Labute approximate surface area is 133 Å². The third-order valence-corrected chi connectivity index (χ3v) is 3.79. The van der Waals surface area contributed by atoms with E-state index in [0.29, 0.717) is 12.0 Å². The van der Waals surface area contributed by atoms with Gasteiger partial charge in [-0.05, 0) is 53.4 Å². The van der Waals surface area contributed by atoms with Crippen molar-refractivity contribution in [2.75, 3.05) is 13.2 Å². The Morgan fingerprint density at radius 3 is 2.47 bits per heavy atom. The first-order valence-electron chi connectivity index (χ1n) is 6.65. The van der Waals surface area contributed by atoms with Crippen molar-refractivity contribution in [2.45, 2.75) is 40.7 Å². The van der Waals surface area contributed by atoms with E-state index in [4.69, 9.17) is 4.74 Å². The molecule has 1 rings (SSSR count). The highest BCUT2D eigenvalue weighted by atomic mass is 79.9. The molecule has 0 aliphatic heterocycles. The third kappa shape index (κ3) is 6.28. The van der Waals surface area contributed by atoms with Gasteiger partial charge in [0, 0.05) is 16.6 Å². The minimum Gasteiger partial charge on any atom is -0.492 e. The second-order valence-corrected chi connectivity index (χ2v) is 7.57. The molecule has 2 nitrogen and oxygen atoms in total. The number of benzene rings is 1. The average molecular weight is 393 g/mol. The minimum absolute atomic E-state index is 0.369. The zero-order chi connectivity index (χ0) is 14.5. The molecule has 0 amide bonds. The zero-order valence-corrected chi connectivity index (χ0v) is 15.3. The predicted octanol–water partition coefficient (Wildman–Crippen LogP) is 5.14. The molecule has 0 unspecified atom stereocenters. The van der Waals surface area contributed by atoms with Crippen molar-refractivity contribution < 1.29 is 4.74 Å². The lowest BCUT2D eigenvalue weighted by Gasteiger charge is -2.19. The fourth-order valence-corrected chi connectivity index (χ4v) is 3.17. The highest BCUT2D eigenvalue weighted by Crippen LogP contribution is 2.33. The number of ether oxygens (including phenoxy) is 1. The molecular formula is C15H23Br2NO. The zero-order valence-electron chi connectivity index (χ0n) is 12.1. The Kier molecular flexibility index (Phi) is 6.84. The molecule has 1 aromatic rings.